The topological polar surface area (TPSA) is 195 Å². The van der Waals surface area contributed by atoms with Crippen molar-refractivity contribution in [3.63, 3.8) is 0 Å². The van der Waals surface area contributed by atoms with Crippen LogP contribution in [-0.2, 0) is 25.3 Å². The molecule has 1 amide bonds. The van der Waals surface area contributed by atoms with Crippen LogP contribution in [0.25, 0.3) is 16.6 Å². The molecule has 2 heterocycles. The van der Waals surface area contributed by atoms with E-state index in [1.165, 1.54) is 16.8 Å². The predicted octanol–water partition coefficient (Wildman–Crippen LogP) is 4.58. The van der Waals surface area contributed by atoms with Crippen molar-refractivity contribution in [3.05, 3.63) is 106 Å². The Bertz CT molecular complexity index is 2060. The van der Waals surface area contributed by atoms with Crippen LogP contribution in [0.3, 0.4) is 0 Å². The normalized spacial score (nSPS) is 11.6. The van der Waals surface area contributed by atoms with E-state index in [-0.39, 0.29) is 31.5 Å². The molecule has 0 fully saturated rings. The molecule has 2 atom stereocenters. The Balaban J connectivity index is 0.00000109. The fraction of sp³-hybridized carbons (Fsp3) is 0.212. The van der Waals surface area contributed by atoms with Crippen molar-refractivity contribution < 1.29 is 49.0 Å². The van der Waals surface area contributed by atoms with Crippen LogP contribution in [0.4, 0.5) is 10.1 Å². The number of anilines is 1. The van der Waals surface area contributed by atoms with E-state index < -0.39 is 37.6 Å². The average Bonchev–Trinajstić information content (AvgIpc) is 3.34. The lowest BCUT2D eigenvalue weighted by molar-refractivity contribution is -0.244. The number of benzene rings is 3. The molecule has 3 aromatic carbocycles. The molecule has 0 aliphatic heterocycles. The van der Waals surface area contributed by atoms with Gasteiger partial charge in [-0.15, -0.1) is 0 Å². The van der Waals surface area contributed by atoms with E-state index in [9.17, 15) is 14.4 Å². The molecule has 0 aliphatic rings. The van der Waals surface area contributed by atoms with Crippen LogP contribution in [0.1, 0.15) is 24.4 Å². The smallest absolute Gasteiger partial charge is 0.521 e. The number of pyridine rings is 1. The first-order valence-corrected chi connectivity index (χ1v) is 16.0. The number of carbonyl (C=O) groups is 2. The number of aromatic nitrogens is 3. The summed E-state index contributed by atoms with van der Waals surface area (Å²) in [7, 11) is 0.144. The fourth-order valence-electron chi connectivity index (χ4n) is 4.94. The van der Waals surface area contributed by atoms with Crippen LogP contribution in [0, 0.1) is 12.7 Å². The maximum atomic E-state index is 15.2. The van der Waals surface area contributed by atoms with Crippen LogP contribution < -0.4 is 30.6 Å². The van der Waals surface area contributed by atoms with Crippen molar-refractivity contribution in [1.82, 2.24) is 19.7 Å². The minimum atomic E-state index is -3.04. The van der Waals surface area contributed by atoms with Gasteiger partial charge in [0.2, 0.25) is 0 Å². The second-order valence-electron chi connectivity index (χ2n) is 10.5. The molecular weight excluding hydrogens is 676 g/mol. The molecule has 0 saturated heterocycles. The third-order valence-electron chi connectivity index (χ3n) is 7.09. The first-order valence-electron chi connectivity index (χ1n) is 14.9. The number of rotatable bonds is 12. The monoisotopic (exact) mass is 711 g/mol. The number of methoxy groups -OCH3 is 1. The zero-order valence-electron chi connectivity index (χ0n) is 27.3. The number of esters is 1. The molecule has 50 heavy (non-hydrogen) atoms. The highest BCUT2D eigenvalue weighted by molar-refractivity contribution is 7.30. The van der Waals surface area contributed by atoms with Gasteiger partial charge in [0.1, 0.15) is 23.2 Å². The summed E-state index contributed by atoms with van der Waals surface area (Å²) in [5.74, 6) is -0.938. The largest absolute Gasteiger partial charge is 0.565 e. The standard InChI is InChI=1S/C33H32FN5O6.HO4P.H2/c1-20(44-30(40)18-35-3)19-38-21(2)31(33(42)39(38)23-8-6-5-7-9-23)32(41)37-22-10-13-29(26(34)16-22)45-28-14-15-36-27-17-24(43-4)11-12-25(27)28;1-4-5(2)3;/h5-17,20,35H,18-19H2,1-4H3,(H,37,41);1H;1H/t20-;;/m1../s1. The Labute approximate surface area is 287 Å². The first kappa shape index (κ1) is 37.3. The molecule has 5 aromatic rings. The van der Waals surface area contributed by atoms with Crippen molar-refractivity contribution >= 4 is 36.7 Å². The van der Waals surface area contributed by atoms with Crippen molar-refractivity contribution in [2.24, 2.45) is 0 Å². The number of hydrogen-bond donors (Lipinski definition) is 3. The quantitative estimate of drug-likeness (QED) is 0.0707. The molecule has 264 valence electrons. The summed E-state index contributed by atoms with van der Waals surface area (Å²) in [6, 6.07) is 19.7. The summed E-state index contributed by atoms with van der Waals surface area (Å²) >= 11 is 0. The number of nitrogens with zero attached hydrogens (tertiary/aromatic N) is 3. The third-order valence-corrected chi connectivity index (χ3v) is 7.23. The predicted molar refractivity (Wildman–Crippen MR) is 180 cm³/mol. The van der Waals surface area contributed by atoms with Gasteiger partial charge in [-0.2, -0.15) is 0 Å². The third kappa shape index (κ3) is 9.13. The molecule has 3 N–H and O–H groups in total. The van der Waals surface area contributed by atoms with E-state index in [0.29, 0.717) is 33.8 Å². The Morgan fingerprint density at radius 3 is 2.46 bits per heavy atom. The fourth-order valence-corrected chi connectivity index (χ4v) is 4.94. The zero-order chi connectivity index (χ0) is 36.4. The summed E-state index contributed by atoms with van der Waals surface area (Å²) < 4.78 is 46.4. The van der Waals surface area contributed by atoms with Crippen LogP contribution in [-0.4, -0.2) is 58.3 Å². The van der Waals surface area contributed by atoms with Gasteiger partial charge in [0.05, 0.1) is 37.1 Å². The molecule has 0 radical (unpaired) electrons. The van der Waals surface area contributed by atoms with Gasteiger partial charge >= 0.3 is 14.2 Å². The number of nitrogens with one attached hydrogen (secondary N) is 2. The van der Waals surface area contributed by atoms with E-state index in [0.717, 1.165) is 6.07 Å². The molecular formula is C33H35FN5O10P. The van der Waals surface area contributed by atoms with E-state index in [1.807, 2.05) is 0 Å². The number of hydrogen-bond acceptors (Lipinski definition) is 12. The summed E-state index contributed by atoms with van der Waals surface area (Å²) in [4.78, 5) is 52.4. The maximum absolute atomic E-state index is 15.2. The van der Waals surface area contributed by atoms with Gasteiger partial charge in [-0.05, 0) is 67.9 Å². The van der Waals surface area contributed by atoms with Crippen LogP contribution >= 0.6 is 8.25 Å². The molecule has 0 bridgehead atoms. The zero-order valence-corrected chi connectivity index (χ0v) is 28.2. The van der Waals surface area contributed by atoms with Crippen LogP contribution in [0.5, 0.6) is 17.2 Å². The molecule has 2 aromatic heterocycles. The number of ether oxygens (including phenoxy) is 3. The highest BCUT2D eigenvalue weighted by atomic mass is 31.1. The number of likely N-dealkylation sites (N-methyl/N-ethyl adjacent to an activating group) is 1. The number of fused-ring (bicyclic) bond motifs is 1. The van der Waals surface area contributed by atoms with Gasteiger partial charge in [0.25, 0.3) is 11.5 Å². The van der Waals surface area contributed by atoms with Gasteiger partial charge in [0.15, 0.2) is 11.6 Å². The molecule has 17 heteroatoms. The molecule has 0 aliphatic carbocycles. The molecule has 0 saturated carbocycles. The highest BCUT2D eigenvalue weighted by Gasteiger charge is 2.26. The van der Waals surface area contributed by atoms with E-state index >= 15 is 4.39 Å². The summed E-state index contributed by atoms with van der Waals surface area (Å²) in [6.45, 7) is 3.47. The molecule has 15 nitrogen and oxygen atoms in total. The van der Waals surface area contributed by atoms with E-state index in [4.69, 9.17) is 28.9 Å². The summed E-state index contributed by atoms with van der Waals surface area (Å²) in [5.41, 5.74) is 0.901. The minimum Gasteiger partial charge on any atom is -0.565 e. The van der Waals surface area contributed by atoms with Crippen LogP contribution in [0.15, 0.2) is 83.8 Å². The maximum Gasteiger partial charge on any atom is 0.521 e. The Morgan fingerprint density at radius 2 is 1.82 bits per heavy atom. The molecule has 5 rings (SSSR count). The van der Waals surface area contributed by atoms with Gasteiger partial charge in [-0.25, -0.2) is 14.3 Å². The van der Waals surface area contributed by atoms with Crippen molar-refractivity contribution in [3.8, 4) is 22.9 Å². The minimum absolute atomic E-state index is 0. The Morgan fingerprint density at radius 1 is 1.10 bits per heavy atom. The lowest BCUT2D eigenvalue weighted by Gasteiger charge is -2.18. The lowest BCUT2D eigenvalue weighted by atomic mass is 10.2. The highest BCUT2D eigenvalue weighted by Crippen LogP contribution is 2.33. The van der Waals surface area contributed by atoms with Gasteiger partial charge < -0.3 is 29.7 Å². The molecule has 1 unspecified atom stereocenters. The summed E-state index contributed by atoms with van der Waals surface area (Å²) in [6.07, 6.45) is 0.941. The Kier molecular flexibility index (Phi) is 12.9. The SMILES string of the molecule is CNCC(=O)O[C@H](C)Cn1c(C)c(C(=O)Nc2ccc(Oc3ccnc4cc(OC)ccc34)c(F)c2)c(=O)n1-c1ccccc1.O=[P+]([O-])OO.[HH]. The summed E-state index contributed by atoms with van der Waals surface area (Å²) in [5, 5.41) is 13.1. The number of carbonyl (C=O) groups excluding carboxylic acids is 2. The van der Waals surface area contributed by atoms with Gasteiger partial charge in [-0.1, -0.05) is 18.2 Å². The first-order chi connectivity index (χ1) is 24.0. The van der Waals surface area contributed by atoms with Crippen LogP contribution in [0.2, 0.25) is 0 Å². The number of amides is 1. The second-order valence-corrected chi connectivity index (χ2v) is 11.1. The van der Waals surface area contributed by atoms with Crippen molar-refractivity contribution in [2.45, 2.75) is 26.5 Å². The second kappa shape index (κ2) is 17.2. The number of para-hydroxylation sites is 1. The lowest BCUT2D eigenvalue weighted by Crippen LogP contribution is -2.30. The van der Waals surface area contributed by atoms with Crippen molar-refractivity contribution in [1.29, 1.82) is 0 Å². The van der Waals surface area contributed by atoms with E-state index in [2.05, 4.69) is 20.3 Å². The molecule has 0 spiro atoms. The van der Waals surface area contributed by atoms with Gasteiger partial charge in [0, 0.05) is 35.5 Å². The average molecular weight is 712 g/mol. The van der Waals surface area contributed by atoms with Gasteiger partial charge in [-0.3, -0.25) is 24.0 Å². The number of halogens is 1. The van der Waals surface area contributed by atoms with E-state index in [1.54, 1.807) is 93.5 Å². The van der Waals surface area contributed by atoms with Crippen molar-refractivity contribution in [2.75, 3.05) is 26.0 Å². The Hall–Kier alpha value is -5.51.